The highest BCUT2D eigenvalue weighted by molar-refractivity contribution is 5.17. The average molecular weight is 249 g/mol. The van der Waals surface area contributed by atoms with Crippen molar-refractivity contribution in [2.24, 2.45) is 0 Å². The van der Waals surface area contributed by atoms with E-state index in [2.05, 4.69) is 34.7 Å². The smallest absolute Gasteiger partial charge is 0.212 e. The molecule has 0 radical (unpaired) electrons. The zero-order valence-corrected chi connectivity index (χ0v) is 11.6. The van der Waals surface area contributed by atoms with Crippen molar-refractivity contribution in [2.45, 2.75) is 26.4 Å². The molecule has 0 bridgehead atoms. The molecule has 0 spiro atoms. The molecule has 100 valence electrons. The van der Waals surface area contributed by atoms with Crippen molar-refractivity contribution in [1.29, 1.82) is 0 Å². The maximum Gasteiger partial charge on any atom is 0.212 e. The van der Waals surface area contributed by atoms with Gasteiger partial charge in [-0.3, -0.25) is 9.80 Å². The van der Waals surface area contributed by atoms with Crippen molar-refractivity contribution < 1.29 is 4.74 Å². The molecular weight excluding hydrogens is 226 g/mol. The minimum Gasteiger partial charge on any atom is -0.481 e. The molecule has 1 saturated heterocycles. The van der Waals surface area contributed by atoms with Crippen molar-refractivity contribution >= 4 is 0 Å². The Kier molecular flexibility index (Phi) is 4.55. The lowest BCUT2D eigenvalue weighted by molar-refractivity contribution is 0.104. The van der Waals surface area contributed by atoms with Crippen LogP contribution in [0.25, 0.3) is 0 Å². The van der Waals surface area contributed by atoms with Gasteiger partial charge >= 0.3 is 0 Å². The molecule has 1 fully saturated rings. The molecular formula is C14H23N3O. The van der Waals surface area contributed by atoms with Crippen LogP contribution in [0.15, 0.2) is 18.3 Å². The zero-order valence-electron chi connectivity index (χ0n) is 11.6. The second-order valence-electron chi connectivity index (χ2n) is 5.11. The normalized spacial score (nSPS) is 18.2. The highest BCUT2D eigenvalue weighted by atomic mass is 16.5. The maximum atomic E-state index is 5.07. The Morgan fingerprint density at radius 3 is 2.44 bits per heavy atom. The molecule has 18 heavy (non-hydrogen) atoms. The third-order valence-electron chi connectivity index (χ3n) is 3.55. The van der Waals surface area contributed by atoms with Crippen molar-refractivity contribution in [3.8, 4) is 5.88 Å². The van der Waals surface area contributed by atoms with E-state index in [9.17, 15) is 0 Å². The Bertz CT molecular complexity index is 356. The Labute approximate surface area is 110 Å². The van der Waals surface area contributed by atoms with Crippen molar-refractivity contribution in [3.63, 3.8) is 0 Å². The lowest BCUT2D eigenvalue weighted by atomic mass is 10.2. The van der Waals surface area contributed by atoms with Gasteiger partial charge < -0.3 is 4.74 Å². The van der Waals surface area contributed by atoms with E-state index in [-0.39, 0.29) is 0 Å². The van der Waals surface area contributed by atoms with E-state index in [1.165, 1.54) is 18.7 Å². The first-order valence-electron chi connectivity index (χ1n) is 6.64. The standard InChI is InChI=1S/C14H23N3O/c1-12(2)17-8-6-16(7-9-17)11-13-4-5-14(18-3)15-10-13/h4-5,10,12H,6-9,11H2,1-3H3. The summed E-state index contributed by atoms with van der Waals surface area (Å²) in [4.78, 5) is 9.27. The van der Waals surface area contributed by atoms with Gasteiger partial charge in [0.25, 0.3) is 0 Å². The zero-order chi connectivity index (χ0) is 13.0. The highest BCUT2D eigenvalue weighted by Crippen LogP contribution is 2.12. The third kappa shape index (κ3) is 3.43. The van der Waals surface area contributed by atoms with Crippen LogP contribution < -0.4 is 4.74 Å². The molecule has 1 aliphatic heterocycles. The van der Waals surface area contributed by atoms with Crippen LogP contribution in [0, 0.1) is 0 Å². The summed E-state index contributed by atoms with van der Waals surface area (Å²) in [5.41, 5.74) is 1.26. The monoisotopic (exact) mass is 249 g/mol. The molecule has 2 rings (SSSR count). The Hall–Kier alpha value is -1.13. The van der Waals surface area contributed by atoms with Crippen molar-refractivity contribution in [3.05, 3.63) is 23.9 Å². The number of nitrogens with zero attached hydrogens (tertiary/aromatic N) is 3. The van der Waals surface area contributed by atoms with Gasteiger partial charge in [0.1, 0.15) is 0 Å². The van der Waals surface area contributed by atoms with E-state index in [0.717, 1.165) is 19.6 Å². The lowest BCUT2D eigenvalue weighted by Gasteiger charge is -2.36. The van der Waals surface area contributed by atoms with Gasteiger partial charge in [0, 0.05) is 51.0 Å². The van der Waals surface area contributed by atoms with Gasteiger partial charge in [-0.15, -0.1) is 0 Å². The van der Waals surface area contributed by atoms with E-state index >= 15 is 0 Å². The second kappa shape index (κ2) is 6.16. The average Bonchev–Trinajstić information content (AvgIpc) is 2.40. The Balaban J connectivity index is 1.83. The summed E-state index contributed by atoms with van der Waals surface area (Å²) < 4.78 is 5.07. The Morgan fingerprint density at radius 2 is 1.94 bits per heavy atom. The van der Waals surface area contributed by atoms with E-state index in [4.69, 9.17) is 4.74 Å². The number of piperazine rings is 1. The van der Waals surface area contributed by atoms with Gasteiger partial charge in [0.15, 0.2) is 0 Å². The molecule has 0 amide bonds. The first-order chi connectivity index (χ1) is 8.69. The summed E-state index contributed by atoms with van der Waals surface area (Å²) in [6, 6.07) is 4.69. The minimum atomic E-state index is 0.662. The van der Waals surface area contributed by atoms with Gasteiger partial charge in [-0.25, -0.2) is 4.98 Å². The van der Waals surface area contributed by atoms with Crippen molar-refractivity contribution in [2.75, 3.05) is 33.3 Å². The topological polar surface area (TPSA) is 28.6 Å². The van der Waals surface area contributed by atoms with Crippen LogP contribution in [0.1, 0.15) is 19.4 Å². The highest BCUT2D eigenvalue weighted by Gasteiger charge is 2.18. The molecule has 0 saturated carbocycles. The SMILES string of the molecule is COc1ccc(CN2CCN(C(C)C)CC2)cn1. The molecule has 0 N–H and O–H groups in total. The molecule has 0 aromatic carbocycles. The van der Waals surface area contributed by atoms with Crippen LogP contribution in [0.2, 0.25) is 0 Å². The number of hydrogen-bond acceptors (Lipinski definition) is 4. The molecule has 4 nitrogen and oxygen atoms in total. The fourth-order valence-corrected chi connectivity index (χ4v) is 2.32. The molecule has 0 atom stereocenters. The molecule has 4 heteroatoms. The van der Waals surface area contributed by atoms with Crippen LogP contribution in [-0.4, -0.2) is 54.1 Å². The summed E-state index contributed by atoms with van der Waals surface area (Å²) in [5.74, 6) is 0.684. The van der Waals surface area contributed by atoms with Gasteiger partial charge in [-0.05, 0) is 19.4 Å². The van der Waals surface area contributed by atoms with Gasteiger partial charge in [-0.1, -0.05) is 6.07 Å². The van der Waals surface area contributed by atoms with Crippen LogP contribution in [0.4, 0.5) is 0 Å². The predicted molar refractivity (Wildman–Crippen MR) is 72.8 cm³/mol. The summed E-state index contributed by atoms with van der Waals surface area (Å²) in [6.45, 7) is 10.1. The molecule has 1 aromatic heterocycles. The predicted octanol–water partition coefficient (Wildman–Crippen LogP) is 1.62. The van der Waals surface area contributed by atoms with Crippen LogP contribution in [-0.2, 0) is 6.54 Å². The van der Waals surface area contributed by atoms with E-state index in [1.807, 2.05) is 12.3 Å². The van der Waals surface area contributed by atoms with E-state index in [0.29, 0.717) is 11.9 Å². The number of ether oxygens (including phenoxy) is 1. The number of hydrogen-bond donors (Lipinski definition) is 0. The van der Waals surface area contributed by atoms with Gasteiger partial charge in [0.05, 0.1) is 7.11 Å². The molecule has 1 aliphatic rings. The fourth-order valence-electron chi connectivity index (χ4n) is 2.32. The third-order valence-corrected chi connectivity index (χ3v) is 3.55. The van der Waals surface area contributed by atoms with Crippen molar-refractivity contribution in [1.82, 2.24) is 14.8 Å². The van der Waals surface area contributed by atoms with Gasteiger partial charge in [0.2, 0.25) is 5.88 Å². The molecule has 2 heterocycles. The Morgan fingerprint density at radius 1 is 1.22 bits per heavy atom. The molecule has 0 aliphatic carbocycles. The van der Waals surface area contributed by atoms with Gasteiger partial charge in [-0.2, -0.15) is 0 Å². The minimum absolute atomic E-state index is 0.662. The van der Waals surface area contributed by atoms with Crippen LogP contribution in [0.3, 0.4) is 0 Å². The quantitative estimate of drug-likeness (QED) is 0.810. The van der Waals surface area contributed by atoms with E-state index in [1.54, 1.807) is 7.11 Å². The number of rotatable bonds is 4. The molecule has 0 unspecified atom stereocenters. The number of methoxy groups -OCH3 is 1. The number of aromatic nitrogens is 1. The van der Waals surface area contributed by atoms with E-state index < -0.39 is 0 Å². The summed E-state index contributed by atoms with van der Waals surface area (Å²) in [6.07, 6.45) is 1.91. The first-order valence-corrected chi connectivity index (χ1v) is 6.64. The first kappa shape index (κ1) is 13.3. The second-order valence-corrected chi connectivity index (χ2v) is 5.11. The summed E-state index contributed by atoms with van der Waals surface area (Å²) in [5, 5.41) is 0. The largest absolute Gasteiger partial charge is 0.481 e. The fraction of sp³-hybridized carbons (Fsp3) is 0.643. The number of pyridine rings is 1. The van der Waals surface area contributed by atoms with Crippen LogP contribution in [0.5, 0.6) is 5.88 Å². The summed E-state index contributed by atoms with van der Waals surface area (Å²) in [7, 11) is 1.65. The van der Waals surface area contributed by atoms with Crippen LogP contribution >= 0.6 is 0 Å². The lowest BCUT2D eigenvalue weighted by Crippen LogP contribution is -2.48. The maximum absolute atomic E-state index is 5.07. The molecule has 1 aromatic rings. The summed E-state index contributed by atoms with van der Waals surface area (Å²) >= 11 is 0.